The molecule has 3 rings (SSSR count). The van der Waals surface area contributed by atoms with Crippen LogP contribution < -0.4 is 10.6 Å². The summed E-state index contributed by atoms with van der Waals surface area (Å²) in [5, 5.41) is 6.38. The molecule has 0 aliphatic carbocycles. The molecule has 1 fully saturated rings. The third kappa shape index (κ3) is 5.67. The molecule has 0 saturated carbocycles. The molecule has 1 aliphatic heterocycles. The summed E-state index contributed by atoms with van der Waals surface area (Å²) in [5.41, 5.74) is 2.52. The second-order valence-electron chi connectivity index (χ2n) is 9.08. The van der Waals surface area contributed by atoms with Gasteiger partial charge in [-0.15, -0.1) is 0 Å². The summed E-state index contributed by atoms with van der Waals surface area (Å²) >= 11 is 0. The van der Waals surface area contributed by atoms with Crippen LogP contribution >= 0.6 is 0 Å². The monoisotopic (exact) mass is 393 g/mol. The predicted molar refractivity (Wildman–Crippen MR) is 117 cm³/mol. The van der Waals surface area contributed by atoms with Crippen LogP contribution in [0.2, 0.25) is 0 Å². The molecule has 1 heterocycles. The molecule has 0 bridgehead atoms. The van der Waals surface area contributed by atoms with Gasteiger partial charge in [-0.25, -0.2) is 0 Å². The van der Waals surface area contributed by atoms with Crippen molar-refractivity contribution in [2.75, 3.05) is 19.6 Å². The zero-order chi connectivity index (χ0) is 21.1. The Morgan fingerprint density at radius 1 is 0.931 bits per heavy atom. The molecule has 2 aromatic rings. The average Bonchev–Trinajstić information content (AvgIpc) is 2.80. The van der Waals surface area contributed by atoms with Gasteiger partial charge in [0.2, 0.25) is 5.91 Å². The molecule has 0 atom stereocenters. The van der Waals surface area contributed by atoms with E-state index in [9.17, 15) is 9.59 Å². The molecule has 2 amide bonds. The normalized spacial score (nSPS) is 18.0. The Balaban J connectivity index is 1.58. The highest BCUT2D eigenvalue weighted by atomic mass is 16.2. The number of nitrogens with zero attached hydrogens (tertiary/aromatic N) is 1. The van der Waals surface area contributed by atoms with Crippen molar-refractivity contribution in [3.63, 3.8) is 0 Å². The fourth-order valence-corrected chi connectivity index (χ4v) is 4.02. The Morgan fingerprint density at radius 3 is 2.21 bits per heavy atom. The average molecular weight is 394 g/mol. The third-order valence-corrected chi connectivity index (χ3v) is 5.28. The van der Waals surface area contributed by atoms with Crippen LogP contribution in [0.5, 0.6) is 0 Å². The van der Waals surface area contributed by atoms with Crippen LogP contribution in [0, 0.1) is 0 Å². The third-order valence-electron chi connectivity index (χ3n) is 5.28. The number of hydrogen-bond acceptors (Lipinski definition) is 3. The maximum atomic E-state index is 12.7. The molecule has 0 unspecified atom stereocenters. The first kappa shape index (κ1) is 21.1. The van der Waals surface area contributed by atoms with Gasteiger partial charge >= 0.3 is 0 Å². The summed E-state index contributed by atoms with van der Waals surface area (Å²) in [4.78, 5) is 27.0. The van der Waals surface area contributed by atoms with E-state index in [0.717, 1.165) is 17.5 Å². The van der Waals surface area contributed by atoms with Crippen LogP contribution in [0.15, 0.2) is 54.6 Å². The standard InChI is InChI=1S/C24H31N3O2/c1-23(2)14-15-27(17-24(3,4)26-23)21(28)16-25-22(29)20-12-10-19(11-13-20)18-8-6-5-7-9-18/h5-13,26H,14-17H2,1-4H3,(H,25,29). The van der Waals surface area contributed by atoms with E-state index >= 15 is 0 Å². The first-order valence-electron chi connectivity index (χ1n) is 10.2. The van der Waals surface area contributed by atoms with Crippen molar-refractivity contribution in [3.8, 4) is 11.1 Å². The number of hydrogen-bond donors (Lipinski definition) is 2. The van der Waals surface area contributed by atoms with E-state index in [-0.39, 0.29) is 29.4 Å². The number of amides is 2. The fraction of sp³-hybridized carbons (Fsp3) is 0.417. The molecule has 1 aliphatic rings. The lowest BCUT2D eigenvalue weighted by atomic mass is 9.96. The van der Waals surface area contributed by atoms with Gasteiger partial charge in [0.05, 0.1) is 6.54 Å². The van der Waals surface area contributed by atoms with E-state index in [4.69, 9.17) is 0 Å². The van der Waals surface area contributed by atoms with E-state index in [0.29, 0.717) is 18.7 Å². The first-order chi connectivity index (χ1) is 13.7. The Bertz CT molecular complexity index is 857. The summed E-state index contributed by atoms with van der Waals surface area (Å²) in [6, 6.07) is 17.5. The largest absolute Gasteiger partial charge is 0.343 e. The van der Waals surface area contributed by atoms with Gasteiger partial charge < -0.3 is 15.5 Å². The SMILES string of the molecule is CC1(C)CCN(C(=O)CNC(=O)c2ccc(-c3ccccc3)cc2)CC(C)(C)N1. The van der Waals surface area contributed by atoms with Gasteiger partial charge in [0.15, 0.2) is 0 Å². The molecule has 5 heteroatoms. The van der Waals surface area contributed by atoms with Crippen LogP contribution in [0.3, 0.4) is 0 Å². The van der Waals surface area contributed by atoms with Crippen LogP contribution in [0.25, 0.3) is 11.1 Å². The molecule has 5 nitrogen and oxygen atoms in total. The van der Waals surface area contributed by atoms with Crippen LogP contribution in [-0.4, -0.2) is 47.4 Å². The Hall–Kier alpha value is -2.66. The minimum Gasteiger partial charge on any atom is -0.343 e. The zero-order valence-corrected chi connectivity index (χ0v) is 17.8. The molecule has 2 N–H and O–H groups in total. The maximum Gasteiger partial charge on any atom is 0.251 e. The molecular formula is C24H31N3O2. The highest BCUT2D eigenvalue weighted by Gasteiger charge is 2.34. The number of carbonyl (C=O) groups excluding carboxylic acids is 2. The number of benzene rings is 2. The molecule has 0 spiro atoms. The van der Waals surface area contributed by atoms with E-state index < -0.39 is 0 Å². The summed E-state index contributed by atoms with van der Waals surface area (Å²) in [6.45, 7) is 9.84. The second kappa shape index (κ2) is 8.37. The first-order valence-corrected chi connectivity index (χ1v) is 10.2. The number of nitrogens with one attached hydrogen (secondary N) is 2. The summed E-state index contributed by atoms with van der Waals surface area (Å²) in [6.07, 6.45) is 0.872. The highest BCUT2D eigenvalue weighted by molar-refractivity contribution is 5.96. The molecule has 1 saturated heterocycles. The van der Waals surface area contributed by atoms with E-state index in [1.165, 1.54) is 0 Å². The molecule has 29 heavy (non-hydrogen) atoms. The van der Waals surface area contributed by atoms with E-state index in [2.05, 4.69) is 38.3 Å². The number of rotatable bonds is 4. The fourth-order valence-electron chi connectivity index (χ4n) is 4.02. The van der Waals surface area contributed by atoms with Gasteiger partial charge in [-0.1, -0.05) is 42.5 Å². The minimum atomic E-state index is -0.231. The van der Waals surface area contributed by atoms with E-state index in [1.807, 2.05) is 47.4 Å². The van der Waals surface area contributed by atoms with Gasteiger partial charge in [-0.3, -0.25) is 9.59 Å². The maximum absolute atomic E-state index is 12.7. The smallest absolute Gasteiger partial charge is 0.251 e. The van der Waals surface area contributed by atoms with Crippen molar-refractivity contribution in [2.45, 2.75) is 45.2 Å². The van der Waals surface area contributed by atoms with E-state index in [1.54, 1.807) is 12.1 Å². The van der Waals surface area contributed by atoms with Gasteiger partial charge in [0.25, 0.3) is 5.91 Å². The number of carbonyl (C=O) groups is 2. The molecule has 0 aromatic heterocycles. The lowest BCUT2D eigenvalue weighted by Gasteiger charge is -2.34. The Labute approximate surface area is 173 Å². The topological polar surface area (TPSA) is 61.4 Å². The summed E-state index contributed by atoms with van der Waals surface area (Å²) < 4.78 is 0. The lowest BCUT2D eigenvalue weighted by Crippen LogP contribution is -2.54. The summed E-state index contributed by atoms with van der Waals surface area (Å²) in [5.74, 6) is -0.280. The quantitative estimate of drug-likeness (QED) is 0.836. The van der Waals surface area contributed by atoms with Gasteiger partial charge in [-0.2, -0.15) is 0 Å². The zero-order valence-electron chi connectivity index (χ0n) is 17.8. The van der Waals surface area contributed by atoms with Crippen molar-refractivity contribution in [2.24, 2.45) is 0 Å². The molecule has 154 valence electrons. The van der Waals surface area contributed by atoms with Crippen molar-refractivity contribution in [3.05, 3.63) is 60.2 Å². The highest BCUT2D eigenvalue weighted by Crippen LogP contribution is 2.21. The molecule has 2 aromatic carbocycles. The molecular weight excluding hydrogens is 362 g/mol. The van der Waals surface area contributed by atoms with Gasteiger partial charge in [0.1, 0.15) is 0 Å². The van der Waals surface area contributed by atoms with Crippen molar-refractivity contribution >= 4 is 11.8 Å². The van der Waals surface area contributed by atoms with Crippen molar-refractivity contribution < 1.29 is 9.59 Å². The van der Waals surface area contributed by atoms with Crippen LogP contribution in [0.1, 0.15) is 44.5 Å². The lowest BCUT2D eigenvalue weighted by molar-refractivity contribution is -0.130. The van der Waals surface area contributed by atoms with Gasteiger partial charge in [0, 0.05) is 29.7 Å². The predicted octanol–water partition coefficient (Wildman–Crippen LogP) is 3.46. The Morgan fingerprint density at radius 2 is 1.55 bits per heavy atom. The molecule has 0 radical (unpaired) electrons. The van der Waals surface area contributed by atoms with Crippen molar-refractivity contribution in [1.82, 2.24) is 15.5 Å². The van der Waals surface area contributed by atoms with Crippen LogP contribution in [-0.2, 0) is 4.79 Å². The van der Waals surface area contributed by atoms with Gasteiger partial charge in [-0.05, 0) is 57.4 Å². The Kier molecular flexibility index (Phi) is 6.08. The second-order valence-corrected chi connectivity index (χ2v) is 9.08. The summed E-state index contributed by atoms with van der Waals surface area (Å²) in [7, 11) is 0. The van der Waals surface area contributed by atoms with Crippen LogP contribution in [0.4, 0.5) is 0 Å². The van der Waals surface area contributed by atoms with Crippen molar-refractivity contribution in [1.29, 1.82) is 0 Å². The minimum absolute atomic E-state index is 0.00970.